The van der Waals surface area contributed by atoms with Gasteiger partial charge >= 0.3 is 0 Å². The molecule has 0 bridgehead atoms. The van der Waals surface area contributed by atoms with Crippen molar-refractivity contribution in [2.45, 2.75) is 33.1 Å². The zero-order valence-electron chi connectivity index (χ0n) is 12.3. The summed E-state index contributed by atoms with van der Waals surface area (Å²) >= 11 is 0. The van der Waals surface area contributed by atoms with Crippen molar-refractivity contribution in [3.63, 3.8) is 0 Å². The Hall–Kier alpha value is -2.09. The van der Waals surface area contributed by atoms with E-state index in [1.807, 2.05) is 63.2 Å². The molecular weight excluding hydrogens is 246 g/mol. The van der Waals surface area contributed by atoms with Crippen molar-refractivity contribution >= 4 is 11.6 Å². The van der Waals surface area contributed by atoms with Crippen molar-refractivity contribution < 1.29 is 4.79 Å². The number of hydrogen-bond acceptors (Lipinski definition) is 1. The predicted molar refractivity (Wildman–Crippen MR) is 84.0 cm³/mol. The van der Waals surface area contributed by atoms with Gasteiger partial charge in [-0.2, -0.15) is 0 Å². The van der Waals surface area contributed by atoms with Crippen LogP contribution in [0.3, 0.4) is 0 Å². The molecular formula is C18H21NO. The number of amides is 1. The smallest absolute Gasteiger partial charge is 0.231 e. The molecule has 2 heteroatoms. The standard InChI is InChI=1S/C18H21NO/c1-4-17(15-8-6-5-7-9-15)18(20)19-16-11-13(2)10-14(3)12-16/h5-12,17H,4H2,1-3H3,(H,19,20)/t17-/m1/s1. The first-order chi connectivity index (χ1) is 9.60. The third-order valence-corrected chi connectivity index (χ3v) is 3.42. The summed E-state index contributed by atoms with van der Waals surface area (Å²) in [5.41, 5.74) is 4.26. The number of nitrogens with one attached hydrogen (secondary N) is 1. The SMILES string of the molecule is CC[C@@H](C(=O)Nc1cc(C)cc(C)c1)c1ccccc1. The molecule has 2 rings (SSSR count). The highest BCUT2D eigenvalue weighted by molar-refractivity contribution is 5.95. The Morgan fingerprint density at radius 2 is 1.65 bits per heavy atom. The molecule has 0 unspecified atom stereocenters. The van der Waals surface area contributed by atoms with Crippen LogP contribution in [0.5, 0.6) is 0 Å². The molecule has 20 heavy (non-hydrogen) atoms. The Bertz CT molecular complexity index is 569. The largest absolute Gasteiger partial charge is 0.326 e. The average Bonchev–Trinajstić information content (AvgIpc) is 2.39. The number of carbonyl (C=O) groups is 1. The molecule has 0 aliphatic rings. The molecule has 0 aromatic heterocycles. The summed E-state index contributed by atoms with van der Waals surface area (Å²) in [6, 6.07) is 16.0. The fraction of sp³-hybridized carbons (Fsp3) is 0.278. The lowest BCUT2D eigenvalue weighted by atomic mass is 9.95. The van der Waals surface area contributed by atoms with Crippen LogP contribution in [0.4, 0.5) is 5.69 Å². The van der Waals surface area contributed by atoms with Gasteiger partial charge in [-0.15, -0.1) is 0 Å². The predicted octanol–water partition coefficient (Wildman–Crippen LogP) is 4.44. The van der Waals surface area contributed by atoms with E-state index in [1.54, 1.807) is 0 Å². The number of carbonyl (C=O) groups excluding carboxylic acids is 1. The minimum atomic E-state index is -0.1000. The maximum atomic E-state index is 12.5. The van der Waals surface area contributed by atoms with E-state index >= 15 is 0 Å². The van der Waals surface area contributed by atoms with Crippen LogP contribution in [0.15, 0.2) is 48.5 Å². The van der Waals surface area contributed by atoms with Crippen molar-refractivity contribution in [3.05, 3.63) is 65.2 Å². The zero-order chi connectivity index (χ0) is 14.5. The third kappa shape index (κ3) is 3.47. The van der Waals surface area contributed by atoms with E-state index in [9.17, 15) is 4.79 Å². The van der Waals surface area contributed by atoms with Gasteiger partial charge in [0.2, 0.25) is 5.91 Å². The van der Waals surface area contributed by atoms with Gasteiger partial charge in [-0.3, -0.25) is 4.79 Å². The Morgan fingerprint density at radius 1 is 1.05 bits per heavy atom. The summed E-state index contributed by atoms with van der Waals surface area (Å²) in [6.07, 6.45) is 0.792. The minimum absolute atomic E-state index is 0.0590. The molecule has 2 aromatic carbocycles. The van der Waals surface area contributed by atoms with E-state index in [4.69, 9.17) is 0 Å². The molecule has 104 valence electrons. The molecule has 1 amide bonds. The van der Waals surface area contributed by atoms with Gasteiger partial charge in [0.1, 0.15) is 0 Å². The van der Waals surface area contributed by atoms with Gasteiger partial charge < -0.3 is 5.32 Å². The Labute approximate surface area is 120 Å². The summed E-state index contributed by atoms with van der Waals surface area (Å²) in [6.45, 7) is 6.12. The van der Waals surface area contributed by atoms with Gasteiger partial charge in [-0.1, -0.05) is 43.3 Å². The first-order valence-electron chi connectivity index (χ1n) is 7.04. The summed E-state index contributed by atoms with van der Waals surface area (Å²) in [5.74, 6) is -0.0410. The van der Waals surface area contributed by atoms with Crippen LogP contribution in [-0.2, 0) is 4.79 Å². The third-order valence-electron chi connectivity index (χ3n) is 3.42. The number of rotatable bonds is 4. The van der Waals surface area contributed by atoms with Gasteiger partial charge in [0.25, 0.3) is 0 Å². The lowest BCUT2D eigenvalue weighted by Gasteiger charge is -2.16. The lowest BCUT2D eigenvalue weighted by molar-refractivity contribution is -0.117. The molecule has 0 radical (unpaired) electrons. The normalized spacial score (nSPS) is 11.9. The van der Waals surface area contributed by atoms with Crippen LogP contribution in [0.1, 0.15) is 36.0 Å². The topological polar surface area (TPSA) is 29.1 Å². The number of aryl methyl sites for hydroxylation is 2. The molecule has 0 saturated heterocycles. The molecule has 1 N–H and O–H groups in total. The fourth-order valence-electron chi connectivity index (χ4n) is 2.53. The van der Waals surface area contributed by atoms with Gasteiger partial charge in [0, 0.05) is 5.69 Å². The number of benzene rings is 2. The fourth-order valence-corrected chi connectivity index (χ4v) is 2.53. The first kappa shape index (κ1) is 14.3. The molecule has 2 aromatic rings. The number of anilines is 1. The Balaban J connectivity index is 2.18. The highest BCUT2D eigenvalue weighted by Gasteiger charge is 2.18. The summed E-state index contributed by atoms with van der Waals surface area (Å²) in [7, 11) is 0. The van der Waals surface area contributed by atoms with E-state index < -0.39 is 0 Å². The molecule has 1 atom stereocenters. The second-order valence-electron chi connectivity index (χ2n) is 5.24. The van der Waals surface area contributed by atoms with Crippen LogP contribution in [0.2, 0.25) is 0 Å². The molecule has 2 nitrogen and oxygen atoms in total. The zero-order valence-corrected chi connectivity index (χ0v) is 12.3. The van der Waals surface area contributed by atoms with Crippen molar-refractivity contribution in [1.82, 2.24) is 0 Å². The highest BCUT2D eigenvalue weighted by atomic mass is 16.1. The number of hydrogen-bond donors (Lipinski definition) is 1. The summed E-state index contributed by atoms with van der Waals surface area (Å²) < 4.78 is 0. The molecule has 0 heterocycles. The maximum absolute atomic E-state index is 12.5. The summed E-state index contributed by atoms with van der Waals surface area (Å²) in [4.78, 5) is 12.5. The first-order valence-corrected chi connectivity index (χ1v) is 7.04. The summed E-state index contributed by atoms with van der Waals surface area (Å²) in [5, 5.41) is 3.03. The van der Waals surface area contributed by atoms with Crippen molar-refractivity contribution in [2.75, 3.05) is 5.32 Å². The van der Waals surface area contributed by atoms with Crippen LogP contribution in [0.25, 0.3) is 0 Å². The second kappa shape index (κ2) is 6.38. The quantitative estimate of drug-likeness (QED) is 0.872. The minimum Gasteiger partial charge on any atom is -0.326 e. The highest BCUT2D eigenvalue weighted by Crippen LogP contribution is 2.22. The molecule has 0 fully saturated rings. The van der Waals surface area contributed by atoms with Crippen molar-refractivity contribution in [2.24, 2.45) is 0 Å². The van der Waals surface area contributed by atoms with E-state index in [0.29, 0.717) is 0 Å². The molecule has 0 saturated carbocycles. The monoisotopic (exact) mass is 267 g/mol. The van der Waals surface area contributed by atoms with Crippen LogP contribution in [-0.4, -0.2) is 5.91 Å². The van der Waals surface area contributed by atoms with E-state index in [2.05, 4.69) is 11.4 Å². The van der Waals surface area contributed by atoms with Crippen LogP contribution >= 0.6 is 0 Å². The average molecular weight is 267 g/mol. The van der Waals surface area contributed by atoms with Gasteiger partial charge in [0.05, 0.1) is 5.92 Å². The molecule has 0 aliphatic carbocycles. The van der Waals surface area contributed by atoms with Crippen LogP contribution < -0.4 is 5.32 Å². The van der Waals surface area contributed by atoms with Gasteiger partial charge in [0.15, 0.2) is 0 Å². The second-order valence-corrected chi connectivity index (χ2v) is 5.24. The van der Waals surface area contributed by atoms with Gasteiger partial charge in [-0.05, 0) is 49.1 Å². The molecule has 0 spiro atoms. The van der Waals surface area contributed by atoms with Gasteiger partial charge in [-0.25, -0.2) is 0 Å². The lowest BCUT2D eigenvalue weighted by Crippen LogP contribution is -2.20. The maximum Gasteiger partial charge on any atom is 0.231 e. The van der Waals surface area contributed by atoms with E-state index in [-0.39, 0.29) is 11.8 Å². The Kier molecular flexibility index (Phi) is 4.57. The Morgan fingerprint density at radius 3 is 2.20 bits per heavy atom. The van der Waals surface area contributed by atoms with Crippen LogP contribution in [0, 0.1) is 13.8 Å². The van der Waals surface area contributed by atoms with Crippen molar-refractivity contribution in [3.8, 4) is 0 Å². The van der Waals surface area contributed by atoms with E-state index in [1.165, 1.54) is 0 Å². The van der Waals surface area contributed by atoms with E-state index in [0.717, 1.165) is 28.8 Å². The van der Waals surface area contributed by atoms with Crippen molar-refractivity contribution in [1.29, 1.82) is 0 Å². The molecule has 0 aliphatic heterocycles.